The van der Waals surface area contributed by atoms with E-state index in [-0.39, 0.29) is 0 Å². The molecule has 2 aromatic rings. The molecule has 0 atom stereocenters. The molecule has 0 amide bonds. The van der Waals surface area contributed by atoms with Crippen molar-refractivity contribution < 1.29 is 9.53 Å². The fraction of sp³-hybridized carbons (Fsp3) is 0.188. The predicted molar refractivity (Wildman–Crippen MR) is 73.3 cm³/mol. The molecule has 0 aromatic heterocycles. The van der Waals surface area contributed by atoms with Gasteiger partial charge < -0.3 is 4.74 Å². The Morgan fingerprint density at radius 2 is 1.83 bits per heavy atom. The van der Waals surface area contributed by atoms with Crippen molar-refractivity contribution in [1.82, 2.24) is 0 Å². The van der Waals surface area contributed by atoms with Crippen molar-refractivity contribution in [3.63, 3.8) is 0 Å². The SMILES string of the molecule is COc1c(C=O)cccc1-c1ccc(C)cc1C. The van der Waals surface area contributed by atoms with Crippen LogP contribution in [0.3, 0.4) is 0 Å². The van der Waals surface area contributed by atoms with Crippen molar-refractivity contribution in [2.24, 2.45) is 0 Å². The average Bonchev–Trinajstić information content (AvgIpc) is 2.37. The smallest absolute Gasteiger partial charge is 0.153 e. The van der Waals surface area contributed by atoms with Gasteiger partial charge in [-0.2, -0.15) is 0 Å². The Morgan fingerprint density at radius 3 is 2.44 bits per heavy atom. The van der Waals surface area contributed by atoms with Crippen molar-refractivity contribution in [3.8, 4) is 16.9 Å². The van der Waals surface area contributed by atoms with E-state index in [4.69, 9.17) is 4.74 Å². The highest BCUT2D eigenvalue weighted by Gasteiger charge is 2.11. The molecule has 0 N–H and O–H groups in total. The molecule has 0 spiro atoms. The van der Waals surface area contributed by atoms with Gasteiger partial charge in [0.15, 0.2) is 6.29 Å². The summed E-state index contributed by atoms with van der Waals surface area (Å²) in [6.07, 6.45) is 0.825. The van der Waals surface area contributed by atoms with Gasteiger partial charge in [0.2, 0.25) is 0 Å². The van der Waals surface area contributed by atoms with Gasteiger partial charge in [-0.25, -0.2) is 0 Å². The maximum atomic E-state index is 11.0. The molecule has 2 rings (SSSR count). The van der Waals surface area contributed by atoms with Crippen LogP contribution in [-0.2, 0) is 0 Å². The van der Waals surface area contributed by atoms with Crippen molar-refractivity contribution in [3.05, 3.63) is 53.1 Å². The minimum Gasteiger partial charge on any atom is -0.495 e. The lowest BCUT2D eigenvalue weighted by atomic mass is 9.96. The number of para-hydroxylation sites is 1. The number of hydrogen-bond acceptors (Lipinski definition) is 2. The third-order valence-electron chi connectivity index (χ3n) is 3.05. The summed E-state index contributed by atoms with van der Waals surface area (Å²) in [6, 6.07) is 11.9. The summed E-state index contributed by atoms with van der Waals surface area (Å²) in [5.74, 6) is 0.638. The molecule has 18 heavy (non-hydrogen) atoms. The van der Waals surface area contributed by atoms with Crippen molar-refractivity contribution >= 4 is 6.29 Å². The molecule has 0 heterocycles. The lowest BCUT2D eigenvalue weighted by Crippen LogP contribution is -1.95. The number of aryl methyl sites for hydroxylation is 2. The van der Waals surface area contributed by atoms with E-state index in [0.717, 1.165) is 17.4 Å². The first-order valence-electron chi connectivity index (χ1n) is 5.87. The fourth-order valence-corrected chi connectivity index (χ4v) is 2.20. The standard InChI is InChI=1S/C16H16O2/c1-11-7-8-14(12(2)9-11)15-6-4-5-13(10-17)16(15)18-3/h4-10H,1-3H3. The van der Waals surface area contributed by atoms with Crippen molar-refractivity contribution in [1.29, 1.82) is 0 Å². The maximum absolute atomic E-state index is 11.0. The van der Waals surface area contributed by atoms with Crippen LogP contribution in [0, 0.1) is 13.8 Å². The highest BCUT2D eigenvalue weighted by Crippen LogP contribution is 2.34. The number of carbonyl (C=O) groups excluding carboxylic acids is 1. The zero-order valence-corrected chi connectivity index (χ0v) is 10.9. The number of methoxy groups -OCH3 is 1. The third-order valence-corrected chi connectivity index (χ3v) is 3.05. The van der Waals surface area contributed by atoms with Crippen LogP contribution in [0.5, 0.6) is 5.75 Å². The largest absolute Gasteiger partial charge is 0.495 e. The van der Waals surface area contributed by atoms with E-state index in [0.29, 0.717) is 11.3 Å². The normalized spacial score (nSPS) is 10.2. The van der Waals surface area contributed by atoms with Crippen LogP contribution in [0.4, 0.5) is 0 Å². The number of carbonyl (C=O) groups is 1. The molecular formula is C16H16O2. The summed E-state index contributed by atoms with van der Waals surface area (Å²) in [7, 11) is 1.59. The number of benzene rings is 2. The number of aldehydes is 1. The molecule has 2 heteroatoms. The molecule has 0 saturated carbocycles. The topological polar surface area (TPSA) is 26.3 Å². The third kappa shape index (κ3) is 2.14. The van der Waals surface area contributed by atoms with E-state index in [9.17, 15) is 4.79 Å². The van der Waals surface area contributed by atoms with Crippen molar-refractivity contribution in [2.75, 3.05) is 7.11 Å². The molecule has 2 aromatic carbocycles. The van der Waals surface area contributed by atoms with Crippen LogP contribution in [-0.4, -0.2) is 13.4 Å². The average molecular weight is 240 g/mol. The molecule has 0 aliphatic heterocycles. The van der Waals surface area contributed by atoms with E-state index in [2.05, 4.69) is 32.0 Å². The molecular weight excluding hydrogens is 224 g/mol. The number of rotatable bonds is 3. The second-order valence-electron chi connectivity index (χ2n) is 4.36. The van der Waals surface area contributed by atoms with Gasteiger partial charge in [0, 0.05) is 5.56 Å². The Bertz CT molecular complexity index is 586. The Hall–Kier alpha value is -2.09. The second kappa shape index (κ2) is 5.05. The summed E-state index contributed by atoms with van der Waals surface area (Å²) in [6.45, 7) is 4.13. The first-order chi connectivity index (χ1) is 8.67. The van der Waals surface area contributed by atoms with E-state index < -0.39 is 0 Å². The van der Waals surface area contributed by atoms with Crippen LogP contribution in [0.15, 0.2) is 36.4 Å². The molecule has 0 aliphatic rings. The molecule has 0 saturated heterocycles. The Balaban J connectivity index is 2.67. The van der Waals surface area contributed by atoms with E-state index in [1.54, 1.807) is 13.2 Å². The fourth-order valence-electron chi connectivity index (χ4n) is 2.20. The quantitative estimate of drug-likeness (QED) is 0.763. The molecule has 0 unspecified atom stereocenters. The first-order valence-corrected chi connectivity index (χ1v) is 5.87. The molecule has 92 valence electrons. The Morgan fingerprint density at radius 1 is 1.06 bits per heavy atom. The molecule has 0 radical (unpaired) electrons. The van der Waals surface area contributed by atoms with Gasteiger partial charge in [0.1, 0.15) is 5.75 Å². The highest BCUT2D eigenvalue weighted by atomic mass is 16.5. The summed E-state index contributed by atoms with van der Waals surface area (Å²) in [5, 5.41) is 0. The van der Waals surface area contributed by atoms with Crippen LogP contribution < -0.4 is 4.74 Å². The van der Waals surface area contributed by atoms with E-state index >= 15 is 0 Å². The lowest BCUT2D eigenvalue weighted by Gasteiger charge is -2.13. The van der Waals surface area contributed by atoms with Crippen LogP contribution in [0.1, 0.15) is 21.5 Å². The Labute approximate surface area is 107 Å². The van der Waals surface area contributed by atoms with Crippen LogP contribution in [0.25, 0.3) is 11.1 Å². The van der Waals surface area contributed by atoms with Gasteiger partial charge in [-0.05, 0) is 31.0 Å². The summed E-state index contributed by atoms with van der Waals surface area (Å²) in [5.41, 5.74) is 5.04. The highest BCUT2D eigenvalue weighted by molar-refractivity contribution is 5.86. The van der Waals surface area contributed by atoms with Gasteiger partial charge in [0.25, 0.3) is 0 Å². The summed E-state index contributed by atoms with van der Waals surface area (Å²) in [4.78, 5) is 11.0. The molecule has 0 aliphatic carbocycles. The predicted octanol–water partition coefficient (Wildman–Crippen LogP) is 3.79. The summed E-state index contributed by atoms with van der Waals surface area (Å²) >= 11 is 0. The van der Waals surface area contributed by atoms with Gasteiger partial charge in [-0.1, -0.05) is 35.9 Å². The zero-order valence-electron chi connectivity index (χ0n) is 10.9. The zero-order chi connectivity index (χ0) is 13.1. The minimum absolute atomic E-state index is 0.579. The van der Waals surface area contributed by atoms with Crippen LogP contribution >= 0.6 is 0 Å². The van der Waals surface area contributed by atoms with E-state index in [1.165, 1.54) is 11.1 Å². The molecule has 2 nitrogen and oxygen atoms in total. The molecule has 0 bridgehead atoms. The maximum Gasteiger partial charge on any atom is 0.153 e. The monoisotopic (exact) mass is 240 g/mol. The Kier molecular flexibility index (Phi) is 3.47. The van der Waals surface area contributed by atoms with Gasteiger partial charge in [-0.3, -0.25) is 4.79 Å². The first kappa shape index (κ1) is 12.4. The number of ether oxygens (including phenoxy) is 1. The molecule has 0 fully saturated rings. The second-order valence-corrected chi connectivity index (χ2v) is 4.36. The van der Waals surface area contributed by atoms with Gasteiger partial charge in [-0.15, -0.1) is 0 Å². The van der Waals surface area contributed by atoms with Crippen LogP contribution in [0.2, 0.25) is 0 Å². The number of hydrogen-bond donors (Lipinski definition) is 0. The lowest BCUT2D eigenvalue weighted by molar-refractivity contribution is 0.112. The van der Waals surface area contributed by atoms with Crippen molar-refractivity contribution in [2.45, 2.75) is 13.8 Å². The minimum atomic E-state index is 0.579. The van der Waals surface area contributed by atoms with Gasteiger partial charge >= 0.3 is 0 Å². The summed E-state index contributed by atoms with van der Waals surface area (Å²) < 4.78 is 5.38. The van der Waals surface area contributed by atoms with Gasteiger partial charge in [0.05, 0.1) is 12.7 Å². The van der Waals surface area contributed by atoms with E-state index in [1.807, 2.05) is 12.1 Å².